The highest BCUT2D eigenvalue weighted by Crippen LogP contribution is 2.31. The van der Waals surface area contributed by atoms with Crippen molar-refractivity contribution < 1.29 is 16.8 Å². The molecule has 0 saturated heterocycles. The van der Waals surface area contributed by atoms with Gasteiger partial charge in [0.1, 0.15) is 0 Å². The first kappa shape index (κ1) is 14.5. The number of halogens is 2. The van der Waals surface area contributed by atoms with Gasteiger partial charge in [0.2, 0.25) is 10.0 Å². The highest BCUT2D eigenvalue weighted by atomic mass is 35.5. The molecule has 6 nitrogen and oxygen atoms in total. The Bertz CT molecular complexity index is 631. The minimum absolute atomic E-state index is 0.0166. The Balaban J connectivity index is 3.36. The van der Waals surface area contributed by atoms with Crippen LogP contribution >= 0.6 is 23.2 Å². The molecule has 0 fully saturated rings. The van der Waals surface area contributed by atoms with Crippen molar-refractivity contribution in [3.05, 3.63) is 22.2 Å². The Labute approximate surface area is 108 Å². The number of anilines is 1. The lowest BCUT2D eigenvalue weighted by Crippen LogP contribution is -2.23. The number of benzene rings is 1. The second kappa shape index (κ2) is 4.62. The molecule has 0 heterocycles. The summed E-state index contributed by atoms with van der Waals surface area (Å²) in [6, 6.07) is 2.03. The van der Waals surface area contributed by atoms with Gasteiger partial charge in [-0.2, -0.15) is 0 Å². The minimum Gasteiger partial charge on any atom is -0.396 e. The van der Waals surface area contributed by atoms with Gasteiger partial charge in [-0.3, -0.25) is 0 Å². The summed E-state index contributed by atoms with van der Waals surface area (Å²) in [6.07, 6.45) is 0. The quantitative estimate of drug-likeness (QED) is 0.790. The number of nitrogen functional groups attached to an aromatic ring is 1. The summed E-state index contributed by atoms with van der Waals surface area (Å²) in [7, 11) is -8.29. The van der Waals surface area contributed by atoms with Crippen molar-refractivity contribution in [3.63, 3.8) is 0 Å². The van der Waals surface area contributed by atoms with Crippen LogP contribution in [-0.4, -0.2) is 21.9 Å². The van der Waals surface area contributed by atoms with Gasteiger partial charge in [-0.05, 0) is 12.1 Å². The standard InChI is InChI=1S/C7H8Cl2N2O4S2/c8-5-1-4(2-6(9)7(5)10)16(12,13)3-17(11,14)15/h1-2H,3,10H2,(H2,11,14,15). The van der Waals surface area contributed by atoms with Gasteiger partial charge >= 0.3 is 0 Å². The van der Waals surface area contributed by atoms with Crippen LogP contribution in [0.15, 0.2) is 17.0 Å². The Kier molecular flexibility index (Phi) is 3.94. The van der Waals surface area contributed by atoms with Gasteiger partial charge in [0.05, 0.1) is 20.6 Å². The molecule has 0 bridgehead atoms. The van der Waals surface area contributed by atoms with Crippen LogP contribution in [0.4, 0.5) is 5.69 Å². The Morgan fingerprint density at radius 1 is 1.06 bits per heavy atom. The molecule has 17 heavy (non-hydrogen) atoms. The molecule has 4 N–H and O–H groups in total. The largest absolute Gasteiger partial charge is 0.396 e. The van der Waals surface area contributed by atoms with Crippen LogP contribution in [0.2, 0.25) is 10.0 Å². The molecular weight excluding hydrogens is 311 g/mol. The molecule has 0 atom stereocenters. The second-order valence-corrected chi connectivity index (χ2v) is 7.98. The van der Waals surface area contributed by atoms with E-state index >= 15 is 0 Å². The average Bonchev–Trinajstić information content (AvgIpc) is 2.09. The van der Waals surface area contributed by atoms with Gasteiger partial charge in [0, 0.05) is 0 Å². The van der Waals surface area contributed by atoms with Gasteiger partial charge < -0.3 is 5.73 Å². The molecule has 96 valence electrons. The highest BCUT2D eigenvalue weighted by Gasteiger charge is 2.23. The maximum Gasteiger partial charge on any atom is 0.223 e. The smallest absolute Gasteiger partial charge is 0.223 e. The maximum absolute atomic E-state index is 11.6. The molecular formula is C7H8Cl2N2O4S2. The number of sulfone groups is 1. The van der Waals surface area contributed by atoms with Crippen LogP contribution in [0, 0.1) is 0 Å². The van der Waals surface area contributed by atoms with Crippen LogP contribution < -0.4 is 10.9 Å². The highest BCUT2D eigenvalue weighted by molar-refractivity contribution is 8.07. The fourth-order valence-corrected chi connectivity index (χ4v) is 4.51. The van der Waals surface area contributed by atoms with E-state index in [0.717, 1.165) is 12.1 Å². The number of nitrogens with two attached hydrogens (primary N) is 2. The summed E-state index contributed by atoms with van der Waals surface area (Å²) < 4.78 is 44.8. The predicted octanol–water partition coefficient (Wildman–Crippen LogP) is 0.595. The van der Waals surface area contributed by atoms with Gasteiger partial charge in [0.15, 0.2) is 14.9 Å². The van der Waals surface area contributed by atoms with E-state index in [9.17, 15) is 16.8 Å². The fraction of sp³-hybridized carbons (Fsp3) is 0.143. The topological polar surface area (TPSA) is 120 Å². The lowest BCUT2D eigenvalue weighted by Gasteiger charge is -2.06. The van der Waals surface area contributed by atoms with Crippen molar-refractivity contribution >= 4 is 48.7 Å². The second-order valence-electron chi connectivity index (χ2n) is 3.20. The van der Waals surface area contributed by atoms with E-state index in [4.69, 9.17) is 28.9 Å². The third-order valence-electron chi connectivity index (χ3n) is 1.73. The zero-order chi connectivity index (χ0) is 13.4. The zero-order valence-corrected chi connectivity index (χ0v) is 11.4. The molecule has 0 aliphatic heterocycles. The summed E-state index contributed by atoms with van der Waals surface area (Å²) in [5.41, 5.74) is 5.44. The average molecular weight is 319 g/mol. The third-order valence-corrected chi connectivity index (χ3v) is 5.87. The molecule has 0 aromatic heterocycles. The molecule has 0 unspecified atom stereocenters. The van der Waals surface area contributed by atoms with E-state index in [2.05, 4.69) is 5.14 Å². The molecule has 0 amide bonds. The Hall–Kier alpha value is -0.540. The zero-order valence-electron chi connectivity index (χ0n) is 8.22. The van der Waals surface area contributed by atoms with E-state index in [0.29, 0.717) is 0 Å². The SMILES string of the molecule is Nc1c(Cl)cc(S(=O)(=O)CS(N)(=O)=O)cc1Cl. The summed E-state index contributed by atoms with van der Waals surface area (Å²) in [4.78, 5) is -0.351. The number of hydrogen-bond donors (Lipinski definition) is 2. The van der Waals surface area contributed by atoms with Crippen LogP contribution in [0.1, 0.15) is 0 Å². The van der Waals surface area contributed by atoms with Gasteiger partial charge in [-0.25, -0.2) is 22.0 Å². The summed E-state index contributed by atoms with van der Waals surface area (Å²) >= 11 is 11.3. The number of primary sulfonamides is 1. The molecule has 1 aromatic carbocycles. The molecule has 0 aliphatic rings. The van der Waals surface area contributed by atoms with E-state index in [1.165, 1.54) is 0 Å². The van der Waals surface area contributed by atoms with E-state index in [1.54, 1.807) is 0 Å². The number of rotatable bonds is 3. The van der Waals surface area contributed by atoms with Crippen molar-refractivity contribution in [2.24, 2.45) is 5.14 Å². The van der Waals surface area contributed by atoms with E-state index in [-0.39, 0.29) is 20.6 Å². The molecule has 10 heteroatoms. The molecule has 0 spiro atoms. The minimum atomic E-state index is -4.17. The van der Waals surface area contributed by atoms with E-state index in [1.807, 2.05) is 0 Å². The number of sulfonamides is 1. The number of hydrogen-bond acceptors (Lipinski definition) is 5. The van der Waals surface area contributed by atoms with Crippen LogP contribution in [0.5, 0.6) is 0 Å². The van der Waals surface area contributed by atoms with Crippen molar-refractivity contribution in [1.29, 1.82) is 0 Å². The fourth-order valence-electron chi connectivity index (χ4n) is 1.02. The van der Waals surface area contributed by atoms with Crippen molar-refractivity contribution in [2.75, 3.05) is 10.8 Å². The third kappa shape index (κ3) is 3.71. The summed E-state index contributed by atoms with van der Waals surface area (Å²) in [6.45, 7) is 0. The summed E-state index contributed by atoms with van der Waals surface area (Å²) in [5.74, 6) is 0. The van der Waals surface area contributed by atoms with Gasteiger partial charge in [-0.1, -0.05) is 23.2 Å². The lowest BCUT2D eigenvalue weighted by atomic mass is 10.3. The van der Waals surface area contributed by atoms with Crippen molar-refractivity contribution in [3.8, 4) is 0 Å². The lowest BCUT2D eigenvalue weighted by molar-refractivity contribution is 0.590. The van der Waals surface area contributed by atoms with Crippen molar-refractivity contribution in [1.82, 2.24) is 0 Å². The first-order chi connectivity index (χ1) is 7.53. The molecule has 0 radical (unpaired) electrons. The molecule has 0 saturated carbocycles. The maximum atomic E-state index is 11.6. The summed E-state index contributed by atoms with van der Waals surface area (Å²) in [5, 5.41) is 3.29. The van der Waals surface area contributed by atoms with Crippen LogP contribution in [-0.2, 0) is 19.9 Å². The van der Waals surface area contributed by atoms with Gasteiger partial charge in [-0.15, -0.1) is 0 Å². The van der Waals surface area contributed by atoms with E-state index < -0.39 is 24.9 Å². The molecule has 1 aromatic rings. The van der Waals surface area contributed by atoms with Crippen molar-refractivity contribution in [2.45, 2.75) is 4.90 Å². The van der Waals surface area contributed by atoms with Crippen LogP contribution in [0.3, 0.4) is 0 Å². The Morgan fingerprint density at radius 3 is 1.82 bits per heavy atom. The first-order valence-corrected chi connectivity index (χ1v) is 8.13. The normalized spacial score (nSPS) is 12.6. The predicted molar refractivity (Wildman–Crippen MR) is 66.0 cm³/mol. The molecule has 0 aliphatic carbocycles. The monoisotopic (exact) mass is 318 g/mol. The van der Waals surface area contributed by atoms with Crippen LogP contribution in [0.25, 0.3) is 0 Å². The Morgan fingerprint density at radius 2 is 1.47 bits per heavy atom. The first-order valence-electron chi connectivity index (χ1n) is 4.01. The van der Waals surface area contributed by atoms with Gasteiger partial charge in [0.25, 0.3) is 0 Å². The molecule has 1 rings (SSSR count).